The maximum absolute atomic E-state index is 11.5. The van der Waals surface area contributed by atoms with E-state index < -0.39 is 11.0 Å². The van der Waals surface area contributed by atoms with Crippen molar-refractivity contribution in [3.63, 3.8) is 0 Å². The minimum Gasteiger partial charge on any atom is -0.399 e. The second kappa shape index (κ2) is 4.39. The lowest BCUT2D eigenvalue weighted by molar-refractivity contribution is 0.656. The second-order valence-corrected chi connectivity index (χ2v) is 4.35. The quantitative estimate of drug-likeness (QED) is 0.719. The van der Waals surface area contributed by atoms with Gasteiger partial charge in [0, 0.05) is 11.7 Å². The van der Waals surface area contributed by atoms with Gasteiger partial charge in [-0.3, -0.25) is 0 Å². The highest BCUT2D eigenvalue weighted by atomic mass is 32.2. The van der Waals surface area contributed by atoms with Gasteiger partial charge in [-0.05, 0) is 38.1 Å². The van der Waals surface area contributed by atoms with E-state index in [-0.39, 0.29) is 6.04 Å². The van der Waals surface area contributed by atoms with Crippen molar-refractivity contribution in [3.8, 4) is 0 Å². The molecular formula is C9H14N2OS. The molecule has 1 aromatic rings. The Labute approximate surface area is 80.9 Å². The molecule has 1 aromatic carbocycles. The van der Waals surface area contributed by atoms with E-state index in [2.05, 4.69) is 4.72 Å². The minimum absolute atomic E-state index is 0.207. The molecule has 0 aliphatic rings. The van der Waals surface area contributed by atoms with E-state index in [0.717, 1.165) is 4.90 Å². The van der Waals surface area contributed by atoms with Crippen LogP contribution in [0.5, 0.6) is 0 Å². The lowest BCUT2D eigenvalue weighted by Crippen LogP contribution is -2.24. The SMILES string of the molecule is CC(C)NS(=O)c1ccc(N)cc1. The van der Waals surface area contributed by atoms with Crippen LogP contribution in [0, 0.1) is 0 Å². The molecule has 0 aromatic heterocycles. The molecule has 1 unspecified atom stereocenters. The van der Waals surface area contributed by atoms with Crippen LogP contribution in [0.25, 0.3) is 0 Å². The number of hydrogen-bond donors (Lipinski definition) is 2. The molecule has 3 N–H and O–H groups in total. The third-order valence-corrected chi connectivity index (χ3v) is 2.82. The van der Waals surface area contributed by atoms with Crippen molar-refractivity contribution in [2.75, 3.05) is 5.73 Å². The predicted molar refractivity (Wildman–Crippen MR) is 55.5 cm³/mol. The fraction of sp³-hybridized carbons (Fsp3) is 0.333. The summed E-state index contributed by atoms with van der Waals surface area (Å²) in [7, 11) is -1.13. The Bertz CT molecular complexity index is 295. The summed E-state index contributed by atoms with van der Waals surface area (Å²) in [5, 5.41) is 0. The molecule has 0 bridgehead atoms. The molecular weight excluding hydrogens is 184 g/mol. The zero-order valence-electron chi connectivity index (χ0n) is 7.78. The molecule has 0 fully saturated rings. The standard InChI is InChI=1S/C9H14N2OS/c1-7(2)11-13(12)9-5-3-8(10)4-6-9/h3-7,11H,10H2,1-2H3. The zero-order valence-corrected chi connectivity index (χ0v) is 8.60. The van der Waals surface area contributed by atoms with Gasteiger partial charge in [0.1, 0.15) is 11.0 Å². The number of nitrogens with one attached hydrogen (secondary N) is 1. The minimum atomic E-state index is -1.13. The van der Waals surface area contributed by atoms with Gasteiger partial charge in [0.2, 0.25) is 0 Å². The van der Waals surface area contributed by atoms with E-state index in [1.165, 1.54) is 0 Å². The van der Waals surface area contributed by atoms with E-state index in [1.54, 1.807) is 24.3 Å². The first-order valence-electron chi connectivity index (χ1n) is 4.13. The highest BCUT2D eigenvalue weighted by Crippen LogP contribution is 2.08. The number of nitrogens with two attached hydrogens (primary N) is 1. The van der Waals surface area contributed by atoms with Crippen molar-refractivity contribution in [1.29, 1.82) is 0 Å². The van der Waals surface area contributed by atoms with Gasteiger partial charge in [-0.25, -0.2) is 8.93 Å². The maximum Gasteiger partial charge on any atom is 0.125 e. The number of rotatable bonds is 3. The number of anilines is 1. The maximum atomic E-state index is 11.5. The zero-order chi connectivity index (χ0) is 9.84. The Morgan fingerprint density at radius 2 is 1.85 bits per heavy atom. The molecule has 0 saturated carbocycles. The van der Waals surface area contributed by atoms with Gasteiger partial charge in [0.25, 0.3) is 0 Å². The summed E-state index contributed by atoms with van der Waals surface area (Å²) >= 11 is 0. The second-order valence-electron chi connectivity index (χ2n) is 3.11. The van der Waals surface area contributed by atoms with Crippen molar-refractivity contribution < 1.29 is 4.21 Å². The van der Waals surface area contributed by atoms with Crippen LogP contribution in [-0.2, 0) is 11.0 Å². The monoisotopic (exact) mass is 198 g/mol. The van der Waals surface area contributed by atoms with Crippen molar-refractivity contribution in [1.82, 2.24) is 4.72 Å². The third kappa shape index (κ3) is 3.16. The van der Waals surface area contributed by atoms with Crippen molar-refractivity contribution in [3.05, 3.63) is 24.3 Å². The van der Waals surface area contributed by atoms with Gasteiger partial charge < -0.3 is 5.73 Å². The molecule has 4 heteroatoms. The molecule has 0 aliphatic carbocycles. The van der Waals surface area contributed by atoms with E-state index in [1.807, 2.05) is 13.8 Å². The van der Waals surface area contributed by atoms with Gasteiger partial charge in [-0.1, -0.05) is 0 Å². The summed E-state index contributed by atoms with van der Waals surface area (Å²) in [5.74, 6) is 0. The normalized spacial score (nSPS) is 13.2. The topological polar surface area (TPSA) is 55.1 Å². The molecule has 72 valence electrons. The van der Waals surface area contributed by atoms with Gasteiger partial charge in [0.15, 0.2) is 0 Å². The lowest BCUT2D eigenvalue weighted by atomic mass is 10.3. The fourth-order valence-corrected chi connectivity index (χ4v) is 1.82. The smallest absolute Gasteiger partial charge is 0.125 e. The average Bonchev–Trinajstić information content (AvgIpc) is 2.04. The summed E-state index contributed by atoms with van der Waals surface area (Å²) in [6.07, 6.45) is 0. The molecule has 0 saturated heterocycles. The Balaban J connectivity index is 2.72. The molecule has 13 heavy (non-hydrogen) atoms. The molecule has 0 aliphatic heterocycles. The van der Waals surface area contributed by atoms with Crippen molar-refractivity contribution >= 4 is 16.7 Å². The molecule has 3 nitrogen and oxygen atoms in total. The Morgan fingerprint density at radius 1 is 1.31 bits per heavy atom. The Kier molecular flexibility index (Phi) is 3.45. The summed E-state index contributed by atoms with van der Waals surface area (Å²) in [4.78, 5) is 0.753. The first-order valence-corrected chi connectivity index (χ1v) is 5.28. The van der Waals surface area contributed by atoms with Crippen LogP contribution in [0.4, 0.5) is 5.69 Å². The highest BCUT2D eigenvalue weighted by molar-refractivity contribution is 7.83. The van der Waals surface area contributed by atoms with Crippen LogP contribution in [0.15, 0.2) is 29.2 Å². The van der Waals surface area contributed by atoms with Crippen molar-refractivity contribution in [2.24, 2.45) is 0 Å². The van der Waals surface area contributed by atoms with Crippen LogP contribution < -0.4 is 10.5 Å². The Hall–Kier alpha value is -0.870. The number of hydrogen-bond acceptors (Lipinski definition) is 2. The first kappa shape index (κ1) is 10.2. The molecule has 0 heterocycles. The van der Waals surface area contributed by atoms with Crippen molar-refractivity contribution in [2.45, 2.75) is 24.8 Å². The third-order valence-electron chi connectivity index (χ3n) is 1.44. The van der Waals surface area contributed by atoms with E-state index >= 15 is 0 Å². The largest absolute Gasteiger partial charge is 0.399 e. The molecule has 0 radical (unpaired) electrons. The van der Waals surface area contributed by atoms with Gasteiger partial charge in [-0.2, -0.15) is 0 Å². The van der Waals surface area contributed by atoms with Gasteiger partial charge in [0.05, 0.1) is 4.90 Å². The number of nitrogen functional groups attached to an aromatic ring is 1. The highest BCUT2D eigenvalue weighted by Gasteiger charge is 2.03. The molecule has 1 atom stereocenters. The molecule has 1 rings (SSSR count). The van der Waals surface area contributed by atoms with E-state index in [4.69, 9.17) is 5.73 Å². The van der Waals surface area contributed by atoms with Crippen LogP contribution >= 0.6 is 0 Å². The number of benzene rings is 1. The first-order chi connectivity index (χ1) is 6.09. The Morgan fingerprint density at radius 3 is 2.31 bits per heavy atom. The van der Waals surface area contributed by atoms with Gasteiger partial charge in [-0.15, -0.1) is 0 Å². The summed E-state index contributed by atoms with van der Waals surface area (Å²) in [6.45, 7) is 3.91. The van der Waals surface area contributed by atoms with E-state index in [9.17, 15) is 4.21 Å². The average molecular weight is 198 g/mol. The van der Waals surface area contributed by atoms with Gasteiger partial charge >= 0.3 is 0 Å². The summed E-state index contributed by atoms with van der Waals surface area (Å²) < 4.78 is 14.4. The summed E-state index contributed by atoms with van der Waals surface area (Å²) in [6, 6.07) is 7.23. The fourth-order valence-electron chi connectivity index (χ4n) is 0.874. The summed E-state index contributed by atoms with van der Waals surface area (Å²) in [5.41, 5.74) is 6.19. The van der Waals surface area contributed by atoms with Crippen LogP contribution in [0.2, 0.25) is 0 Å². The predicted octanol–water partition coefficient (Wildman–Crippen LogP) is 1.29. The molecule has 0 spiro atoms. The molecule has 0 amide bonds. The van der Waals surface area contributed by atoms with Crippen LogP contribution in [0.1, 0.15) is 13.8 Å². The van der Waals surface area contributed by atoms with E-state index in [0.29, 0.717) is 5.69 Å². The van der Waals surface area contributed by atoms with Crippen LogP contribution in [0.3, 0.4) is 0 Å². The lowest BCUT2D eigenvalue weighted by Gasteiger charge is -2.07. The van der Waals surface area contributed by atoms with Crippen LogP contribution in [-0.4, -0.2) is 10.3 Å².